The third-order valence-electron chi connectivity index (χ3n) is 3.52. The van der Waals surface area contributed by atoms with E-state index < -0.39 is 0 Å². The van der Waals surface area contributed by atoms with E-state index in [9.17, 15) is 4.79 Å². The minimum absolute atomic E-state index is 0. The van der Waals surface area contributed by atoms with Crippen LogP contribution in [0.5, 0.6) is 0 Å². The van der Waals surface area contributed by atoms with E-state index in [1.807, 2.05) is 36.1 Å². The number of hydrogen-bond acceptors (Lipinski definition) is 2. The summed E-state index contributed by atoms with van der Waals surface area (Å²) in [6, 6.07) is 8.00. The van der Waals surface area contributed by atoms with Crippen molar-refractivity contribution in [1.82, 2.24) is 4.90 Å². The van der Waals surface area contributed by atoms with Gasteiger partial charge in [-0.3, -0.25) is 4.79 Å². The molecule has 2 N–H and O–H groups in total. The van der Waals surface area contributed by atoms with Crippen LogP contribution in [0.25, 0.3) is 0 Å². The summed E-state index contributed by atoms with van der Waals surface area (Å²) in [4.78, 5) is 14.2. The second kappa shape index (κ2) is 6.21. The van der Waals surface area contributed by atoms with Crippen molar-refractivity contribution in [2.75, 3.05) is 13.1 Å². The van der Waals surface area contributed by atoms with Crippen LogP contribution in [-0.2, 0) is 0 Å². The summed E-state index contributed by atoms with van der Waals surface area (Å²) in [7, 11) is 0. The lowest BCUT2D eigenvalue weighted by Gasteiger charge is -2.35. The summed E-state index contributed by atoms with van der Waals surface area (Å²) >= 11 is 0. The number of rotatable bonds is 1. The zero-order chi connectivity index (χ0) is 12.4. The van der Waals surface area contributed by atoms with E-state index in [4.69, 9.17) is 5.73 Å². The van der Waals surface area contributed by atoms with E-state index in [1.165, 1.54) is 0 Å². The van der Waals surface area contributed by atoms with Crippen molar-refractivity contribution in [2.45, 2.75) is 26.3 Å². The molecule has 0 radical (unpaired) electrons. The largest absolute Gasteiger partial charge is 0.338 e. The predicted molar refractivity (Wildman–Crippen MR) is 76.1 cm³/mol. The van der Waals surface area contributed by atoms with Gasteiger partial charge in [-0.15, -0.1) is 12.4 Å². The highest BCUT2D eigenvalue weighted by Gasteiger charge is 2.26. The van der Waals surface area contributed by atoms with Gasteiger partial charge in [0.05, 0.1) is 0 Å². The van der Waals surface area contributed by atoms with Gasteiger partial charge < -0.3 is 10.6 Å². The Hall–Kier alpha value is -1.06. The molecule has 0 saturated carbocycles. The Morgan fingerprint density at radius 3 is 2.78 bits per heavy atom. The molecule has 100 valence electrons. The van der Waals surface area contributed by atoms with Crippen molar-refractivity contribution in [1.29, 1.82) is 0 Å². The van der Waals surface area contributed by atoms with Crippen LogP contribution in [-0.4, -0.2) is 29.9 Å². The molecule has 3 nitrogen and oxygen atoms in total. The first kappa shape index (κ1) is 15.0. The zero-order valence-electron chi connectivity index (χ0n) is 10.9. The highest BCUT2D eigenvalue weighted by Crippen LogP contribution is 2.17. The van der Waals surface area contributed by atoms with Crippen LogP contribution in [0.4, 0.5) is 0 Å². The maximum Gasteiger partial charge on any atom is 0.253 e. The lowest BCUT2D eigenvalue weighted by atomic mass is 9.94. The molecule has 1 fully saturated rings. The van der Waals surface area contributed by atoms with Crippen molar-refractivity contribution >= 4 is 18.3 Å². The molecule has 0 bridgehead atoms. The number of nitrogens with two attached hydrogens (primary N) is 1. The van der Waals surface area contributed by atoms with E-state index in [1.54, 1.807) is 0 Å². The van der Waals surface area contributed by atoms with Crippen LogP contribution in [0.2, 0.25) is 0 Å². The van der Waals surface area contributed by atoms with E-state index in [-0.39, 0.29) is 24.4 Å². The van der Waals surface area contributed by atoms with Crippen molar-refractivity contribution in [3.8, 4) is 0 Å². The Balaban J connectivity index is 0.00000162. The van der Waals surface area contributed by atoms with Crippen LogP contribution < -0.4 is 5.73 Å². The lowest BCUT2D eigenvalue weighted by molar-refractivity contribution is 0.0664. The molecular weight excluding hydrogens is 248 g/mol. The van der Waals surface area contributed by atoms with Crippen molar-refractivity contribution in [3.05, 3.63) is 35.4 Å². The van der Waals surface area contributed by atoms with Gasteiger partial charge in [-0.1, -0.05) is 24.6 Å². The number of carbonyl (C=O) groups is 1. The summed E-state index contributed by atoms with van der Waals surface area (Å²) in [6.45, 7) is 5.66. The third kappa shape index (κ3) is 3.24. The molecule has 1 saturated heterocycles. The standard InChI is InChI=1S/C14H20N2O.ClH/c1-10-4-3-5-12(8-10)14(17)16-7-6-13(15)11(2)9-16;/h3-5,8,11,13H,6-7,9,15H2,1-2H3;1H. The normalized spacial score (nSPS) is 23.4. The summed E-state index contributed by atoms with van der Waals surface area (Å²) in [5.41, 5.74) is 7.87. The third-order valence-corrected chi connectivity index (χ3v) is 3.52. The average molecular weight is 269 g/mol. The summed E-state index contributed by atoms with van der Waals surface area (Å²) in [6.07, 6.45) is 0.902. The number of halogens is 1. The van der Waals surface area contributed by atoms with Gasteiger partial charge in [0.15, 0.2) is 0 Å². The highest BCUT2D eigenvalue weighted by atomic mass is 35.5. The fourth-order valence-corrected chi connectivity index (χ4v) is 2.31. The molecular formula is C14H21ClN2O. The fraction of sp³-hybridized carbons (Fsp3) is 0.500. The zero-order valence-corrected chi connectivity index (χ0v) is 11.7. The minimum atomic E-state index is 0. The number of amides is 1. The van der Waals surface area contributed by atoms with Gasteiger partial charge >= 0.3 is 0 Å². The molecule has 4 heteroatoms. The molecule has 0 spiro atoms. The number of aryl methyl sites for hydroxylation is 1. The topological polar surface area (TPSA) is 46.3 Å². The monoisotopic (exact) mass is 268 g/mol. The van der Waals surface area contributed by atoms with Gasteiger partial charge in [0.1, 0.15) is 0 Å². The maximum atomic E-state index is 12.3. The molecule has 2 unspecified atom stereocenters. The van der Waals surface area contributed by atoms with E-state index in [0.29, 0.717) is 5.92 Å². The molecule has 1 heterocycles. The second-order valence-electron chi connectivity index (χ2n) is 5.05. The molecule has 1 aliphatic heterocycles. The van der Waals surface area contributed by atoms with Gasteiger partial charge in [0, 0.05) is 24.7 Å². The molecule has 0 aromatic heterocycles. The number of hydrogen-bond donors (Lipinski definition) is 1. The Kier molecular flexibility index (Phi) is 5.17. The molecule has 1 aromatic carbocycles. The van der Waals surface area contributed by atoms with E-state index in [2.05, 4.69) is 6.92 Å². The minimum Gasteiger partial charge on any atom is -0.338 e. The first-order chi connectivity index (χ1) is 8.08. The Morgan fingerprint density at radius 2 is 2.17 bits per heavy atom. The Labute approximate surface area is 115 Å². The van der Waals surface area contributed by atoms with Crippen LogP contribution in [0.15, 0.2) is 24.3 Å². The smallest absolute Gasteiger partial charge is 0.253 e. The first-order valence-electron chi connectivity index (χ1n) is 6.19. The number of carbonyl (C=O) groups excluding carboxylic acids is 1. The number of nitrogens with zero attached hydrogens (tertiary/aromatic N) is 1. The van der Waals surface area contributed by atoms with Crippen LogP contribution in [0, 0.1) is 12.8 Å². The molecule has 1 aliphatic rings. The van der Waals surface area contributed by atoms with Gasteiger partial charge in [0.25, 0.3) is 5.91 Å². The van der Waals surface area contributed by atoms with Crippen molar-refractivity contribution in [2.24, 2.45) is 11.7 Å². The number of benzene rings is 1. The summed E-state index contributed by atoms with van der Waals surface area (Å²) in [5, 5.41) is 0. The van der Waals surface area contributed by atoms with Crippen LogP contribution in [0.1, 0.15) is 29.3 Å². The quantitative estimate of drug-likeness (QED) is 0.849. The summed E-state index contributed by atoms with van der Waals surface area (Å²) < 4.78 is 0. The fourth-order valence-electron chi connectivity index (χ4n) is 2.31. The van der Waals surface area contributed by atoms with Gasteiger partial charge in [-0.2, -0.15) is 0 Å². The number of piperidine rings is 1. The van der Waals surface area contributed by atoms with Crippen LogP contribution >= 0.6 is 12.4 Å². The first-order valence-corrected chi connectivity index (χ1v) is 6.19. The van der Waals surface area contributed by atoms with Crippen molar-refractivity contribution in [3.63, 3.8) is 0 Å². The highest BCUT2D eigenvalue weighted by molar-refractivity contribution is 5.94. The molecule has 1 aromatic rings. The molecule has 0 aliphatic carbocycles. The van der Waals surface area contributed by atoms with Gasteiger partial charge in [0.2, 0.25) is 0 Å². The van der Waals surface area contributed by atoms with Gasteiger partial charge in [-0.25, -0.2) is 0 Å². The van der Waals surface area contributed by atoms with Crippen molar-refractivity contribution < 1.29 is 4.79 Å². The number of likely N-dealkylation sites (tertiary alicyclic amines) is 1. The van der Waals surface area contributed by atoms with Crippen LogP contribution in [0.3, 0.4) is 0 Å². The predicted octanol–water partition coefficient (Wildman–Crippen LogP) is 2.23. The Bertz CT molecular complexity index is 422. The van der Waals surface area contributed by atoms with Gasteiger partial charge in [-0.05, 0) is 31.4 Å². The Morgan fingerprint density at radius 1 is 1.44 bits per heavy atom. The van der Waals surface area contributed by atoms with E-state index in [0.717, 1.165) is 30.6 Å². The lowest BCUT2D eigenvalue weighted by Crippen LogP contribution is -2.48. The maximum absolute atomic E-state index is 12.3. The molecule has 1 amide bonds. The molecule has 2 rings (SSSR count). The average Bonchev–Trinajstić information content (AvgIpc) is 2.32. The molecule has 18 heavy (non-hydrogen) atoms. The van der Waals surface area contributed by atoms with E-state index >= 15 is 0 Å². The second-order valence-corrected chi connectivity index (χ2v) is 5.05. The SMILES string of the molecule is Cc1cccc(C(=O)N2CCC(N)C(C)C2)c1.Cl. The molecule has 2 atom stereocenters. The summed E-state index contributed by atoms with van der Waals surface area (Å²) in [5.74, 6) is 0.518.